The second-order valence-electron chi connectivity index (χ2n) is 4.56. The van der Waals surface area contributed by atoms with E-state index in [9.17, 15) is 5.11 Å². The molecule has 0 aliphatic carbocycles. The van der Waals surface area contributed by atoms with Crippen molar-refractivity contribution in [1.82, 2.24) is 10.2 Å². The first-order valence-electron chi connectivity index (χ1n) is 6.45. The van der Waals surface area contributed by atoms with Crippen molar-refractivity contribution in [1.29, 1.82) is 5.26 Å². The Hall–Kier alpha value is -1.77. The lowest BCUT2D eigenvalue weighted by atomic mass is 10.00. The van der Waals surface area contributed by atoms with Gasteiger partial charge in [-0.15, -0.1) is 0 Å². The molecule has 0 unspecified atom stereocenters. The molecule has 1 aromatic carbocycles. The Morgan fingerprint density at radius 2 is 2.21 bits per heavy atom. The Balaban J connectivity index is 2.30. The van der Waals surface area contributed by atoms with Crippen LogP contribution in [0.25, 0.3) is 0 Å². The lowest BCUT2D eigenvalue weighted by Crippen LogP contribution is -2.45. The molecule has 1 heterocycles. The molecule has 1 atom stereocenters. The second kappa shape index (κ2) is 6.41. The molecule has 1 saturated heterocycles. The predicted octanol–water partition coefficient (Wildman–Crippen LogP) is 1.26. The Kier molecular flexibility index (Phi) is 4.61. The van der Waals surface area contributed by atoms with Gasteiger partial charge in [-0.05, 0) is 6.07 Å². The highest BCUT2D eigenvalue weighted by atomic mass is 16.5. The van der Waals surface area contributed by atoms with E-state index in [0.29, 0.717) is 12.2 Å². The van der Waals surface area contributed by atoms with E-state index in [1.807, 2.05) is 12.1 Å². The van der Waals surface area contributed by atoms with Gasteiger partial charge < -0.3 is 15.2 Å². The zero-order valence-electron chi connectivity index (χ0n) is 11.1. The molecule has 19 heavy (non-hydrogen) atoms. The molecular weight excluding hydrogens is 242 g/mol. The summed E-state index contributed by atoms with van der Waals surface area (Å²) in [7, 11) is 1.53. The predicted molar refractivity (Wildman–Crippen MR) is 72.1 cm³/mol. The number of rotatable bonds is 4. The number of hydrogen-bond acceptors (Lipinski definition) is 5. The fourth-order valence-corrected chi connectivity index (χ4v) is 2.49. The highest BCUT2D eigenvalue weighted by Crippen LogP contribution is 2.37. The zero-order chi connectivity index (χ0) is 13.7. The molecule has 1 fully saturated rings. The Labute approximate surface area is 113 Å². The van der Waals surface area contributed by atoms with Gasteiger partial charge >= 0.3 is 0 Å². The molecule has 0 amide bonds. The molecule has 2 rings (SSSR count). The van der Waals surface area contributed by atoms with Gasteiger partial charge in [0, 0.05) is 31.7 Å². The number of methoxy groups -OCH3 is 1. The largest absolute Gasteiger partial charge is 0.504 e. The van der Waals surface area contributed by atoms with Crippen LogP contribution in [-0.2, 0) is 0 Å². The molecule has 5 heteroatoms. The molecule has 5 nitrogen and oxygen atoms in total. The van der Waals surface area contributed by atoms with E-state index in [-0.39, 0.29) is 11.8 Å². The molecule has 1 aliphatic heterocycles. The third kappa shape index (κ3) is 2.98. The van der Waals surface area contributed by atoms with E-state index < -0.39 is 0 Å². The summed E-state index contributed by atoms with van der Waals surface area (Å²) in [4.78, 5) is 2.23. The van der Waals surface area contributed by atoms with Gasteiger partial charge in [0.25, 0.3) is 0 Å². The minimum atomic E-state index is -0.0813. The van der Waals surface area contributed by atoms with E-state index in [1.165, 1.54) is 7.11 Å². The molecule has 0 aromatic heterocycles. The Morgan fingerprint density at radius 1 is 1.47 bits per heavy atom. The van der Waals surface area contributed by atoms with Crippen LogP contribution in [0.5, 0.6) is 11.5 Å². The summed E-state index contributed by atoms with van der Waals surface area (Å²) in [5.74, 6) is 0.597. The Bertz CT molecular complexity index is 464. The van der Waals surface area contributed by atoms with Crippen molar-refractivity contribution in [3.05, 3.63) is 23.8 Å². The van der Waals surface area contributed by atoms with Crippen LogP contribution in [0, 0.1) is 11.3 Å². The van der Waals surface area contributed by atoms with Crippen molar-refractivity contribution in [2.45, 2.75) is 12.5 Å². The minimum Gasteiger partial charge on any atom is -0.504 e. The summed E-state index contributed by atoms with van der Waals surface area (Å²) in [5, 5.41) is 22.6. The van der Waals surface area contributed by atoms with Gasteiger partial charge in [0.05, 0.1) is 25.6 Å². The maximum atomic E-state index is 10.2. The minimum absolute atomic E-state index is 0.0813. The van der Waals surface area contributed by atoms with E-state index >= 15 is 0 Å². The van der Waals surface area contributed by atoms with Crippen LogP contribution in [0.4, 0.5) is 0 Å². The highest BCUT2D eigenvalue weighted by Gasteiger charge is 2.25. The standard InChI is InChI=1S/C14H19N3O2/c1-19-13-4-2-3-11(14(13)18)12(5-6-15)17-9-7-16-8-10-17/h2-4,12,16,18H,5,7-10H2,1H3/t12-/m0/s1. The van der Waals surface area contributed by atoms with Crippen molar-refractivity contribution in [3.63, 3.8) is 0 Å². The van der Waals surface area contributed by atoms with Gasteiger partial charge in [-0.1, -0.05) is 12.1 Å². The first-order chi connectivity index (χ1) is 9.27. The SMILES string of the molecule is COc1cccc([C@H](CC#N)N2CCNCC2)c1O. The smallest absolute Gasteiger partial charge is 0.162 e. The number of nitrogens with one attached hydrogen (secondary N) is 1. The summed E-state index contributed by atoms with van der Waals surface area (Å²) in [6.07, 6.45) is 0.362. The van der Waals surface area contributed by atoms with Crippen molar-refractivity contribution < 1.29 is 9.84 Å². The molecule has 1 aliphatic rings. The summed E-state index contributed by atoms with van der Waals surface area (Å²) >= 11 is 0. The number of phenolic OH excluding ortho intramolecular Hbond substituents is 1. The fourth-order valence-electron chi connectivity index (χ4n) is 2.49. The third-order valence-corrected chi connectivity index (χ3v) is 3.49. The van der Waals surface area contributed by atoms with Crippen molar-refractivity contribution in [3.8, 4) is 17.6 Å². The van der Waals surface area contributed by atoms with E-state index in [0.717, 1.165) is 31.7 Å². The quantitative estimate of drug-likeness (QED) is 0.854. The summed E-state index contributed by atoms with van der Waals surface area (Å²) in [6, 6.07) is 7.57. The molecule has 0 saturated carbocycles. The Morgan fingerprint density at radius 3 is 2.84 bits per heavy atom. The summed E-state index contributed by atoms with van der Waals surface area (Å²) < 4.78 is 5.14. The van der Waals surface area contributed by atoms with E-state index in [1.54, 1.807) is 6.07 Å². The van der Waals surface area contributed by atoms with Crippen LogP contribution in [-0.4, -0.2) is 43.3 Å². The van der Waals surface area contributed by atoms with Gasteiger partial charge in [0.2, 0.25) is 0 Å². The highest BCUT2D eigenvalue weighted by molar-refractivity contribution is 5.47. The van der Waals surface area contributed by atoms with Crippen molar-refractivity contribution in [2.24, 2.45) is 0 Å². The molecule has 0 spiro atoms. The molecule has 0 radical (unpaired) electrons. The molecule has 2 N–H and O–H groups in total. The van der Waals surface area contributed by atoms with Gasteiger partial charge in [0.15, 0.2) is 11.5 Å². The van der Waals surface area contributed by atoms with Crippen LogP contribution in [0.2, 0.25) is 0 Å². The topological polar surface area (TPSA) is 68.5 Å². The van der Waals surface area contributed by atoms with Gasteiger partial charge in [-0.25, -0.2) is 0 Å². The number of piperazine rings is 1. The maximum Gasteiger partial charge on any atom is 0.162 e. The zero-order valence-corrected chi connectivity index (χ0v) is 11.1. The first kappa shape index (κ1) is 13.7. The van der Waals surface area contributed by atoms with Crippen LogP contribution in [0.15, 0.2) is 18.2 Å². The average molecular weight is 261 g/mol. The lowest BCUT2D eigenvalue weighted by Gasteiger charge is -2.34. The maximum absolute atomic E-state index is 10.2. The van der Waals surface area contributed by atoms with Gasteiger partial charge in [0.1, 0.15) is 0 Å². The number of hydrogen-bond donors (Lipinski definition) is 2. The molecule has 0 bridgehead atoms. The van der Waals surface area contributed by atoms with Crippen LogP contribution in [0.1, 0.15) is 18.0 Å². The van der Waals surface area contributed by atoms with Gasteiger partial charge in [-0.2, -0.15) is 5.26 Å². The number of phenols is 1. The number of nitriles is 1. The number of ether oxygens (including phenoxy) is 1. The number of nitrogens with zero attached hydrogens (tertiary/aromatic N) is 2. The number of para-hydroxylation sites is 1. The normalized spacial score (nSPS) is 17.7. The molecular formula is C14H19N3O2. The lowest BCUT2D eigenvalue weighted by molar-refractivity contribution is 0.172. The average Bonchev–Trinajstić information content (AvgIpc) is 2.46. The summed E-state index contributed by atoms with van der Waals surface area (Å²) in [5.41, 5.74) is 0.766. The van der Waals surface area contributed by atoms with Crippen molar-refractivity contribution in [2.75, 3.05) is 33.3 Å². The second-order valence-corrected chi connectivity index (χ2v) is 4.56. The van der Waals surface area contributed by atoms with E-state index in [4.69, 9.17) is 10.00 Å². The molecule has 102 valence electrons. The first-order valence-corrected chi connectivity index (χ1v) is 6.45. The monoisotopic (exact) mass is 261 g/mol. The van der Waals surface area contributed by atoms with Crippen LogP contribution < -0.4 is 10.1 Å². The van der Waals surface area contributed by atoms with Crippen molar-refractivity contribution >= 4 is 0 Å². The fraction of sp³-hybridized carbons (Fsp3) is 0.500. The van der Waals surface area contributed by atoms with Gasteiger partial charge in [-0.3, -0.25) is 4.90 Å². The summed E-state index contributed by atoms with van der Waals surface area (Å²) in [6.45, 7) is 3.57. The molecule has 1 aromatic rings. The van der Waals surface area contributed by atoms with Crippen LogP contribution in [0.3, 0.4) is 0 Å². The van der Waals surface area contributed by atoms with Crippen LogP contribution >= 0.6 is 0 Å². The number of benzene rings is 1. The number of aromatic hydroxyl groups is 1. The van der Waals surface area contributed by atoms with E-state index in [2.05, 4.69) is 16.3 Å². The third-order valence-electron chi connectivity index (χ3n) is 3.49.